The molecule has 1 aliphatic heterocycles. The maximum Gasteiger partial charge on any atom is 0.214 e. The van der Waals surface area contributed by atoms with Crippen LogP contribution in [0.2, 0.25) is 0 Å². The first-order chi connectivity index (χ1) is 4.13. The van der Waals surface area contributed by atoms with Gasteiger partial charge in [0, 0.05) is 13.6 Å². The summed E-state index contributed by atoms with van der Waals surface area (Å²) in [6.45, 7) is 0.586. The Balaban J connectivity index is 2.72. The molecule has 1 rings (SSSR count). The Morgan fingerprint density at radius 1 is 1.33 bits per heavy atom. The molecule has 0 atom stereocenters. The highest BCUT2D eigenvalue weighted by atomic mass is 32.2. The van der Waals surface area contributed by atoms with Gasteiger partial charge in [-0.1, -0.05) is 0 Å². The summed E-state index contributed by atoms with van der Waals surface area (Å²) in [7, 11) is 0.456. The Morgan fingerprint density at radius 2 is 2.00 bits per heavy atom. The molecule has 1 radical (unpaired) electrons. The molecule has 1 aliphatic rings. The molecule has 0 unspecified atom stereocenters. The van der Waals surface area contributed by atoms with E-state index in [1.807, 2.05) is 0 Å². The lowest BCUT2D eigenvalue weighted by atomic mass is 10.3. The molecule has 0 spiro atoms. The van der Waals surface area contributed by atoms with Crippen LogP contribution in [0.4, 0.5) is 0 Å². The van der Waals surface area contributed by atoms with E-state index in [1.165, 1.54) is 4.31 Å². The standard InChI is InChI=1S/C5H10NO2S/c1-6-4-2-3-5-9(6,7)8/h1-5H2. The maximum absolute atomic E-state index is 10.8. The van der Waals surface area contributed by atoms with Crippen LogP contribution in [0.3, 0.4) is 0 Å². The summed E-state index contributed by atoms with van der Waals surface area (Å²) in [4.78, 5) is 0. The monoisotopic (exact) mass is 148 g/mol. The number of rotatable bonds is 0. The van der Waals surface area contributed by atoms with Crippen molar-refractivity contribution in [3.8, 4) is 0 Å². The summed E-state index contributed by atoms with van der Waals surface area (Å²) in [5.74, 6) is 0.274. The van der Waals surface area contributed by atoms with Gasteiger partial charge < -0.3 is 0 Å². The van der Waals surface area contributed by atoms with Gasteiger partial charge in [-0.3, -0.25) is 0 Å². The molecule has 0 N–H and O–H groups in total. The first-order valence-electron chi connectivity index (χ1n) is 2.94. The molecule has 0 aromatic carbocycles. The van der Waals surface area contributed by atoms with Crippen LogP contribution < -0.4 is 0 Å². The molecule has 0 aromatic rings. The second-order valence-electron chi connectivity index (χ2n) is 2.20. The SMILES string of the molecule is [CH2]N1CCCCS1(=O)=O. The summed E-state index contributed by atoms with van der Waals surface area (Å²) in [5.41, 5.74) is 0. The first-order valence-corrected chi connectivity index (χ1v) is 4.55. The van der Waals surface area contributed by atoms with Crippen molar-refractivity contribution in [1.29, 1.82) is 0 Å². The highest BCUT2D eigenvalue weighted by molar-refractivity contribution is 7.89. The predicted octanol–water partition coefficient (Wildman–Crippen LogP) is 0.204. The number of sulfonamides is 1. The van der Waals surface area contributed by atoms with Crippen molar-refractivity contribution in [1.82, 2.24) is 4.31 Å². The van der Waals surface area contributed by atoms with Crippen molar-refractivity contribution in [3.63, 3.8) is 0 Å². The average Bonchev–Trinajstić information content (AvgIpc) is 1.77. The lowest BCUT2D eigenvalue weighted by Gasteiger charge is -2.20. The van der Waals surface area contributed by atoms with Gasteiger partial charge >= 0.3 is 0 Å². The zero-order chi connectivity index (χ0) is 6.91. The summed E-state index contributed by atoms with van der Waals surface area (Å²) < 4.78 is 22.9. The Labute approximate surface area is 55.7 Å². The maximum atomic E-state index is 10.8. The zero-order valence-corrected chi connectivity index (χ0v) is 6.02. The summed E-state index contributed by atoms with van der Waals surface area (Å²) in [6.07, 6.45) is 1.73. The van der Waals surface area contributed by atoms with E-state index < -0.39 is 10.0 Å². The third-order valence-corrected chi connectivity index (χ3v) is 3.23. The molecule has 4 heteroatoms. The van der Waals surface area contributed by atoms with Crippen molar-refractivity contribution in [2.45, 2.75) is 12.8 Å². The van der Waals surface area contributed by atoms with Gasteiger partial charge in [0.2, 0.25) is 10.0 Å². The van der Waals surface area contributed by atoms with Gasteiger partial charge in [0.05, 0.1) is 5.75 Å². The molecule has 0 saturated carbocycles. The third-order valence-electron chi connectivity index (χ3n) is 1.45. The van der Waals surface area contributed by atoms with Crippen molar-refractivity contribution >= 4 is 10.0 Å². The summed E-state index contributed by atoms with van der Waals surface area (Å²) in [6, 6.07) is 0. The van der Waals surface area contributed by atoms with Crippen molar-refractivity contribution in [3.05, 3.63) is 7.05 Å². The van der Waals surface area contributed by atoms with E-state index in [4.69, 9.17) is 0 Å². The Bertz CT molecular complexity index is 185. The lowest BCUT2D eigenvalue weighted by molar-refractivity contribution is 0.458. The van der Waals surface area contributed by atoms with E-state index in [1.54, 1.807) is 0 Å². The normalized spacial score (nSPS) is 28.1. The van der Waals surface area contributed by atoms with Gasteiger partial charge in [-0.2, -0.15) is 0 Å². The first kappa shape index (κ1) is 7.02. The number of hydrogen-bond acceptors (Lipinski definition) is 2. The molecular weight excluding hydrogens is 138 g/mol. The van der Waals surface area contributed by atoms with Gasteiger partial charge in [-0.15, -0.1) is 0 Å². The van der Waals surface area contributed by atoms with E-state index in [-0.39, 0.29) is 5.75 Å². The fourth-order valence-electron chi connectivity index (χ4n) is 0.841. The molecule has 0 bridgehead atoms. The van der Waals surface area contributed by atoms with Crippen LogP contribution in [0.5, 0.6) is 0 Å². The van der Waals surface area contributed by atoms with Crippen molar-refractivity contribution in [2.75, 3.05) is 12.3 Å². The molecule has 9 heavy (non-hydrogen) atoms. The second kappa shape index (κ2) is 2.27. The summed E-state index contributed by atoms with van der Waals surface area (Å²) in [5, 5.41) is 0. The highest BCUT2D eigenvalue weighted by Crippen LogP contribution is 2.10. The molecule has 0 aliphatic carbocycles. The molecule has 1 heterocycles. The van der Waals surface area contributed by atoms with Crippen molar-refractivity contribution < 1.29 is 8.42 Å². The second-order valence-corrected chi connectivity index (χ2v) is 4.29. The minimum absolute atomic E-state index is 0.274. The fourth-order valence-corrected chi connectivity index (χ4v) is 2.08. The zero-order valence-electron chi connectivity index (χ0n) is 5.21. The number of hydrogen-bond donors (Lipinski definition) is 0. The molecule has 0 aromatic heterocycles. The van der Waals surface area contributed by atoms with Gasteiger partial charge in [-0.05, 0) is 12.8 Å². The van der Waals surface area contributed by atoms with Crippen LogP contribution in [0, 0.1) is 7.05 Å². The van der Waals surface area contributed by atoms with E-state index in [0.717, 1.165) is 12.8 Å². The van der Waals surface area contributed by atoms with Crippen molar-refractivity contribution in [2.24, 2.45) is 0 Å². The van der Waals surface area contributed by atoms with E-state index in [9.17, 15) is 8.42 Å². The predicted molar refractivity (Wildman–Crippen MR) is 35.1 cm³/mol. The van der Waals surface area contributed by atoms with Crippen LogP contribution in [0.1, 0.15) is 12.8 Å². The van der Waals surface area contributed by atoms with Gasteiger partial charge in [-0.25, -0.2) is 12.7 Å². The highest BCUT2D eigenvalue weighted by Gasteiger charge is 2.20. The van der Waals surface area contributed by atoms with Gasteiger partial charge in [0.15, 0.2) is 0 Å². The van der Waals surface area contributed by atoms with E-state index >= 15 is 0 Å². The molecule has 1 fully saturated rings. The quantitative estimate of drug-likeness (QED) is 0.492. The number of nitrogens with zero attached hydrogens (tertiary/aromatic N) is 1. The Morgan fingerprint density at radius 3 is 2.33 bits per heavy atom. The Hall–Kier alpha value is -0.0900. The van der Waals surface area contributed by atoms with Gasteiger partial charge in [0.25, 0.3) is 0 Å². The molecule has 1 saturated heterocycles. The van der Waals surface area contributed by atoms with Gasteiger partial charge in [0.1, 0.15) is 0 Å². The minimum Gasteiger partial charge on any atom is -0.212 e. The lowest BCUT2D eigenvalue weighted by Crippen LogP contribution is -2.32. The average molecular weight is 148 g/mol. The molecular formula is C5H10NO2S. The Kier molecular flexibility index (Phi) is 1.77. The fraction of sp³-hybridized carbons (Fsp3) is 0.800. The van der Waals surface area contributed by atoms with E-state index in [2.05, 4.69) is 7.05 Å². The van der Waals surface area contributed by atoms with Crippen LogP contribution in [-0.2, 0) is 10.0 Å². The third kappa shape index (κ3) is 1.43. The molecule has 3 nitrogen and oxygen atoms in total. The largest absolute Gasteiger partial charge is 0.214 e. The molecule has 53 valence electrons. The molecule has 0 amide bonds. The van der Waals surface area contributed by atoms with Crippen LogP contribution in [0.15, 0.2) is 0 Å². The van der Waals surface area contributed by atoms with Crippen LogP contribution >= 0.6 is 0 Å². The van der Waals surface area contributed by atoms with E-state index in [0.29, 0.717) is 6.54 Å². The van der Waals surface area contributed by atoms with Crippen LogP contribution in [0.25, 0.3) is 0 Å². The summed E-state index contributed by atoms with van der Waals surface area (Å²) >= 11 is 0. The topological polar surface area (TPSA) is 37.4 Å². The minimum atomic E-state index is -2.94. The van der Waals surface area contributed by atoms with Crippen LogP contribution in [-0.4, -0.2) is 25.0 Å². The smallest absolute Gasteiger partial charge is 0.212 e.